The standard InChI is InChI=1S/C15H20N2O2/c1-11(2)15(4,10-16)17-14(18)9-19-13-7-5-6-12(3)8-13/h5-8,11H,9H2,1-4H3,(H,17,18). The summed E-state index contributed by atoms with van der Waals surface area (Å²) in [6.45, 7) is 7.37. The summed E-state index contributed by atoms with van der Waals surface area (Å²) in [6.07, 6.45) is 0. The van der Waals surface area contributed by atoms with Gasteiger partial charge in [-0.1, -0.05) is 26.0 Å². The average molecular weight is 260 g/mol. The molecule has 0 fully saturated rings. The molecule has 1 amide bonds. The van der Waals surface area contributed by atoms with Crippen molar-refractivity contribution < 1.29 is 9.53 Å². The lowest BCUT2D eigenvalue weighted by Gasteiger charge is -2.27. The molecule has 1 aromatic rings. The Bertz CT molecular complexity index is 491. The minimum atomic E-state index is -0.868. The lowest BCUT2D eigenvalue weighted by Crippen LogP contribution is -2.50. The molecular formula is C15H20N2O2. The van der Waals surface area contributed by atoms with Gasteiger partial charge in [0.15, 0.2) is 6.61 Å². The Hall–Kier alpha value is -2.02. The number of hydrogen-bond donors (Lipinski definition) is 1. The molecule has 0 heterocycles. The summed E-state index contributed by atoms with van der Waals surface area (Å²) in [7, 11) is 0. The smallest absolute Gasteiger partial charge is 0.259 e. The summed E-state index contributed by atoms with van der Waals surface area (Å²) in [5.41, 5.74) is 0.203. The molecule has 0 aliphatic heterocycles. The van der Waals surface area contributed by atoms with Gasteiger partial charge < -0.3 is 10.1 Å². The van der Waals surface area contributed by atoms with Crippen LogP contribution in [0.3, 0.4) is 0 Å². The maximum absolute atomic E-state index is 11.8. The second kappa shape index (κ2) is 6.24. The van der Waals surface area contributed by atoms with Crippen LogP contribution in [0.1, 0.15) is 26.3 Å². The summed E-state index contributed by atoms with van der Waals surface area (Å²) >= 11 is 0. The molecule has 4 nitrogen and oxygen atoms in total. The molecule has 0 radical (unpaired) electrons. The van der Waals surface area contributed by atoms with Gasteiger partial charge in [0.05, 0.1) is 6.07 Å². The molecule has 4 heteroatoms. The van der Waals surface area contributed by atoms with E-state index in [4.69, 9.17) is 10.00 Å². The minimum Gasteiger partial charge on any atom is -0.484 e. The number of carbonyl (C=O) groups is 1. The van der Waals surface area contributed by atoms with E-state index >= 15 is 0 Å². The Kier molecular flexibility index (Phi) is 4.94. The molecular weight excluding hydrogens is 240 g/mol. The average Bonchev–Trinajstić information content (AvgIpc) is 2.36. The van der Waals surface area contributed by atoms with E-state index in [-0.39, 0.29) is 18.4 Å². The number of aryl methyl sites for hydroxylation is 1. The number of benzene rings is 1. The van der Waals surface area contributed by atoms with Crippen molar-refractivity contribution in [1.29, 1.82) is 5.26 Å². The first-order chi connectivity index (χ1) is 8.87. The second-order valence-electron chi connectivity index (χ2n) is 5.12. The second-order valence-corrected chi connectivity index (χ2v) is 5.12. The molecule has 0 bridgehead atoms. The summed E-state index contributed by atoms with van der Waals surface area (Å²) in [4.78, 5) is 11.8. The lowest BCUT2D eigenvalue weighted by atomic mass is 9.90. The highest BCUT2D eigenvalue weighted by atomic mass is 16.5. The van der Waals surface area contributed by atoms with E-state index in [1.54, 1.807) is 13.0 Å². The number of ether oxygens (including phenoxy) is 1. The van der Waals surface area contributed by atoms with Gasteiger partial charge in [-0.05, 0) is 37.5 Å². The van der Waals surface area contributed by atoms with E-state index in [0.717, 1.165) is 5.56 Å². The summed E-state index contributed by atoms with van der Waals surface area (Å²) in [6, 6.07) is 9.61. The van der Waals surface area contributed by atoms with Crippen molar-refractivity contribution in [3.63, 3.8) is 0 Å². The number of nitriles is 1. The predicted molar refractivity (Wildman–Crippen MR) is 73.7 cm³/mol. The summed E-state index contributed by atoms with van der Waals surface area (Å²) < 4.78 is 5.40. The molecule has 1 aromatic carbocycles. The number of hydrogen-bond acceptors (Lipinski definition) is 3. The Balaban J connectivity index is 2.55. The Morgan fingerprint density at radius 3 is 2.74 bits per heavy atom. The fraction of sp³-hybridized carbons (Fsp3) is 0.467. The van der Waals surface area contributed by atoms with Crippen LogP contribution in [0.2, 0.25) is 0 Å². The first-order valence-corrected chi connectivity index (χ1v) is 6.29. The molecule has 102 valence electrons. The lowest BCUT2D eigenvalue weighted by molar-refractivity contribution is -0.124. The van der Waals surface area contributed by atoms with Crippen LogP contribution in [0.25, 0.3) is 0 Å². The highest BCUT2D eigenvalue weighted by Crippen LogP contribution is 2.15. The highest BCUT2D eigenvalue weighted by Gasteiger charge is 2.29. The van der Waals surface area contributed by atoms with E-state index in [2.05, 4.69) is 11.4 Å². The van der Waals surface area contributed by atoms with Gasteiger partial charge >= 0.3 is 0 Å². The zero-order valence-electron chi connectivity index (χ0n) is 11.9. The van der Waals surface area contributed by atoms with Crippen LogP contribution in [-0.4, -0.2) is 18.1 Å². The Labute approximate surface area is 114 Å². The third kappa shape index (κ3) is 4.29. The number of nitrogens with one attached hydrogen (secondary N) is 1. The van der Waals surface area contributed by atoms with Crippen LogP contribution in [0.4, 0.5) is 0 Å². The fourth-order valence-electron chi connectivity index (χ4n) is 1.48. The number of carbonyl (C=O) groups excluding carboxylic acids is 1. The zero-order chi connectivity index (χ0) is 14.5. The van der Waals surface area contributed by atoms with E-state index in [1.165, 1.54) is 0 Å². The predicted octanol–water partition coefficient (Wildman–Crippen LogP) is 2.43. The minimum absolute atomic E-state index is 0.0282. The van der Waals surface area contributed by atoms with Crippen molar-refractivity contribution in [1.82, 2.24) is 5.32 Å². The van der Waals surface area contributed by atoms with Gasteiger partial charge in [-0.15, -0.1) is 0 Å². The van der Waals surface area contributed by atoms with Gasteiger partial charge in [0.1, 0.15) is 11.3 Å². The monoisotopic (exact) mass is 260 g/mol. The number of nitrogens with zero attached hydrogens (tertiary/aromatic N) is 1. The van der Waals surface area contributed by atoms with E-state index in [9.17, 15) is 4.79 Å². The molecule has 0 aromatic heterocycles. The molecule has 0 aliphatic rings. The van der Waals surface area contributed by atoms with Crippen LogP contribution < -0.4 is 10.1 Å². The van der Waals surface area contributed by atoms with Crippen molar-refractivity contribution in [2.45, 2.75) is 33.2 Å². The first-order valence-electron chi connectivity index (χ1n) is 6.29. The molecule has 0 spiro atoms. The largest absolute Gasteiger partial charge is 0.484 e. The van der Waals surface area contributed by atoms with Crippen molar-refractivity contribution >= 4 is 5.91 Å². The fourth-order valence-corrected chi connectivity index (χ4v) is 1.48. The first kappa shape index (κ1) is 15.0. The maximum Gasteiger partial charge on any atom is 0.259 e. The van der Waals surface area contributed by atoms with Crippen LogP contribution in [0.15, 0.2) is 24.3 Å². The highest BCUT2D eigenvalue weighted by molar-refractivity contribution is 5.78. The van der Waals surface area contributed by atoms with E-state index < -0.39 is 5.54 Å². The topological polar surface area (TPSA) is 62.1 Å². The SMILES string of the molecule is Cc1cccc(OCC(=O)NC(C)(C#N)C(C)C)c1. The van der Waals surface area contributed by atoms with Gasteiger partial charge in [-0.2, -0.15) is 5.26 Å². The Morgan fingerprint density at radius 2 is 2.21 bits per heavy atom. The van der Waals surface area contributed by atoms with Gasteiger partial charge in [0.2, 0.25) is 0 Å². The van der Waals surface area contributed by atoms with Crippen molar-refractivity contribution in [3.8, 4) is 11.8 Å². The van der Waals surface area contributed by atoms with Gasteiger partial charge in [0, 0.05) is 0 Å². The molecule has 1 N–H and O–H groups in total. The summed E-state index contributed by atoms with van der Waals surface area (Å²) in [5, 5.41) is 11.8. The number of amides is 1. The van der Waals surface area contributed by atoms with Crippen molar-refractivity contribution in [2.24, 2.45) is 5.92 Å². The molecule has 0 aliphatic carbocycles. The third-order valence-electron chi connectivity index (χ3n) is 3.15. The van der Waals surface area contributed by atoms with Crippen LogP contribution in [-0.2, 0) is 4.79 Å². The molecule has 1 rings (SSSR count). The van der Waals surface area contributed by atoms with Crippen molar-refractivity contribution in [3.05, 3.63) is 29.8 Å². The van der Waals surface area contributed by atoms with E-state index in [0.29, 0.717) is 5.75 Å². The third-order valence-corrected chi connectivity index (χ3v) is 3.15. The summed E-state index contributed by atoms with van der Waals surface area (Å²) in [5.74, 6) is 0.387. The van der Waals surface area contributed by atoms with Crippen molar-refractivity contribution in [2.75, 3.05) is 6.61 Å². The molecule has 0 saturated carbocycles. The van der Waals surface area contributed by atoms with E-state index in [1.807, 2.05) is 39.0 Å². The molecule has 0 saturated heterocycles. The quantitative estimate of drug-likeness (QED) is 0.884. The van der Waals surface area contributed by atoms with Crippen LogP contribution in [0.5, 0.6) is 5.75 Å². The molecule has 1 unspecified atom stereocenters. The van der Waals surface area contributed by atoms with Crippen LogP contribution >= 0.6 is 0 Å². The Morgan fingerprint density at radius 1 is 1.53 bits per heavy atom. The zero-order valence-corrected chi connectivity index (χ0v) is 11.9. The molecule has 19 heavy (non-hydrogen) atoms. The van der Waals surface area contributed by atoms with Gasteiger partial charge in [-0.3, -0.25) is 4.79 Å². The normalized spacial score (nSPS) is 13.5. The van der Waals surface area contributed by atoms with Gasteiger partial charge in [0.25, 0.3) is 5.91 Å². The van der Waals surface area contributed by atoms with Crippen LogP contribution in [0, 0.1) is 24.2 Å². The molecule has 1 atom stereocenters. The maximum atomic E-state index is 11.8. The van der Waals surface area contributed by atoms with Gasteiger partial charge in [-0.25, -0.2) is 0 Å². The number of rotatable bonds is 5.